The smallest absolute Gasteiger partial charge is 0.428 e. The van der Waals surface area contributed by atoms with Crippen LogP contribution < -0.4 is 5.43 Å². The Kier molecular flexibility index (Phi) is 4.83. The second kappa shape index (κ2) is 5.40. The van der Waals surface area contributed by atoms with Gasteiger partial charge in [-0.25, -0.2) is 9.80 Å². The number of carbonyl (C=O) groups excluding carboxylic acids is 2. The molecule has 0 saturated heterocycles. The minimum absolute atomic E-state index is 0.206. The molecule has 0 unspecified atom stereocenters. The van der Waals surface area contributed by atoms with Crippen LogP contribution in [0.2, 0.25) is 0 Å². The monoisotopic (exact) mass is 174 g/mol. The van der Waals surface area contributed by atoms with Crippen LogP contribution in [-0.4, -0.2) is 30.7 Å². The molecule has 5 heteroatoms. The highest BCUT2D eigenvalue weighted by Crippen LogP contribution is 1.88. The summed E-state index contributed by atoms with van der Waals surface area (Å²) in [5, 5.41) is 1.12. The van der Waals surface area contributed by atoms with Crippen LogP contribution in [0.4, 0.5) is 4.79 Å². The largest absolute Gasteiger partial charge is 0.452 e. The van der Waals surface area contributed by atoms with Crippen LogP contribution in [0.25, 0.3) is 0 Å². The Morgan fingerprint density at radius 1 is 1.42 bits per heavy atom. The Morgan fingerprint density at radius 3 is 2.33 bits per heavy atom. The summed E-state index contributed by atoms with van der Waals surface area (Å²) in [5.74, 6) is -0.206. The summed E-state index contributed by atoms with van der Waals surface area (Å²) in [7, 11) is 1.27. The van der Waals surface area contributed by atoms with Crippen molar-refractivity contribution in [3.8, 4) is 0 Å². The van der Waals surface area contributed by atoms with Gasteiger partial charge in [0.2, 0.25) is 5.91 Å². The number of nitrogens with zero attached hydrogens (tertiary/aromatic N) is 1. The molecule has 0 saturated carbocycles. The van der Waals surface area contributed by atoms with Crippen molar-refractivity contribution in [3.05, 3.63) is 0 Å². The van der Waals surface area contributed by atoms with Gasteiger partial charge in [-0.3, -0.25) is 10.2 Å². The van der Waals surface area contributed by atoms with Crippen LogP contribution in [0, 0.1) is 0 Å². The normalized spacial score (nSPS) is 8.92. The third kappa shape index (κ3) is 3.23. The van der Waals surface area contributed by atoms with Crippen LogP contribution >= 0.6 is 0 Å². The number of hydrazine groups is 1. The minimum Gasteiger partial charge on any atom is -0.452 e. The lowest BCUT2D eigenvalue weighted by Crippen LogP contribution is -2.45. The average Bonchev–Trinajstić information content (AvgIpc) is 2.12. The highest BCUT2D eigenvalue weighted by atomic mass is 16.5. The van der Waals surface area contributed by atoms with E-state index >= 15 is 0 Å². The zero-order valence-corrected chi connectivity index (χ0v) is 7.59. The van der Waals surface area contributed by atoms with Crippen molar-refractivity contribution in [2.24, 2.45) is 0 Å². The number of rotatable bonds is 2. The van der Waals surface area contributed by atoms with Gasteiger partial charge >= 0.3 is 6.09 Å². The van der Waals surface area contributed by atoms with E-state index in [9.17, 15) is 9.59 Å². The highest BCUT2D eigenvalue weighted by Gasteiger charge is 2.12. The fraction of sp³-hybridized carbons (Fsp3) is 0.714. The number of hydrogen-bond donors (Lipinski definition) is 1. The number of ether oxygens (including phenoxy) is 1. The molecule has 0 aromatic rings. The van der Waals surface area contributed by atoms with Crippen molar-refractivity contribution < 1.29 is 14.3 Å². The molecule has 1 N–H and O–H groups in total. The van der Waals surface area contributed by atoms with E-state index in [1.807, 2.05) is 0 Å². The van der Waals surface area contributed by atoms with Gasteiger partial charge in [-0.05, 0) is 6.92 Å². The second-order valence-corrected chi connectivity index (χ2v) is 2.10. The van der Waals surface area contributed by atoms with Gasteiger partial charge in [0.15, 0.2) is 0 Å². The summed E-state index contributed by atoms with van der Waals surface area (Å²) < 4.78 is 4.42. The van der Waals surface area contributed by atoms with Gasteiger partial charge in [-0.1, -0.05) is 6.92 Å². The molecule has 0 spiro atoms. The highest BCUT2D eigenvalue weighted by molar-refractivity contribution is 5.78. The zero-order chi connectivity index (χ0) is 9.56. The lowest BCUT2D eigenvalue weighted by molar-refractivity contribution is -0.124. The number of hydrogen-bond acceptors (Lipinski definition) is 3. The molecule has 12 heavy (non-hydrogen) atoms. The molecule has 0 atom stereocenters. The van der Waals surface area contributed by atoms with Gasteiger partial charge in [-0.2, -0.15) is 0 Å². The SMILES string of the molecule is CCC(=O)NN(CC)C(=O)OC. The van der Waals surface area contributed by atoms with E-state index < -0.39 is 6.09 Å². The summed E-state index contributed by atoms with van der Waals surface area (Å²) in [6.07, 6.45) is -0.215. The van der Waals surface area contributed by atoms with Crippen molar-refractivity contribution in [2.75, 3.05) is 13.7 Å². The number of methoxy groups -OCH3 is 1. The van der Waals surface area contributed by atoms with Crippen LogP contribution in [0.15, 0.2) is 0 Å². The fourth-order valence-corrected chi connectivity index (χ4v) is 0.594. The van der Waals surface area contributed by atoms with E-state index in [0.717, 1.165) is 5.01 Å². The van der Waals surface area contributed by atoms with E-state index in [1.54, 1.807) is 13.8 Å². The van der Waals surface area contributed by atoms with Crippen molar-refractivity contribution in [3.63, 3.8) is 0 Å². The molecule has 0 fully saturated rings. The van der Waals surface area contributed by atoms with Crippen LogP contribution in [0.1, 0.15) is 20.3 Å². The Bertz CT molecular complexity index is 170. The lowest BCUT2D eigenvalue weighted by atomic mass is 10.5. The third-order valence-corrected chi connectivity index (χ3v) is 1.29. The Morgan fingerprint density at radius 2 is 2.00 bits per heavy atom. The molecule has 0 aliphatic rings. The second-order valence-electron chi connectivity index (χ2n) is 2.10. The van der Waals surface area contributed by atoms with E-state index in [2.05, 4.69) is 10.2 Å². The van der Waals surface area contributed by atoms with Gasteiger partial charge in [0.1, 0.15) is 0 Å². The Labute approximate surface area is 71.6 Å². The molecule has 0 aliphatic carbocycles. The maximum absolute atomic E-state index is 10.9. The first-order valence-corrected chi connectivity index (χ1v) is 3.80. The summed E-state index contributed by atoms with van der Waals surface area (Å²) in [5.41, 5.74) is 2.39. The van der Waals surface area contributed by atoms with Crippen molar-refractivity contribution in [1.29, 1.82) is 0 Å². The molecule has 0 bridgehead atoms. The summed E-state index contributed by atoms with van der Waals surface area (Å²) in [4.78, 5) is 21.7. The van der Waals surface area contributed by atoms with Gasteiger partial charge in [0, 0.05) is 13.0 Å². The number of nitrogens with one attached hydrogen (secondary N) is 1. The van der Waals surface area contributed by atoms with Gasteiger partial charge in [0.25, 0.3) is 0 Å². The lowest BCUT2D eigenvalue weighted by Gasteiger charge is -2.19. The molecule has 0 radical (unpaired) electrons. The van der Waals surface area contributed by atoms with E-state index in [-0.39, 0.29) is 5.91 Å². The molecule has 0 heterocycles. The summed E-state index contributed by atoms with van der Waals surface area (Å²) in [6.45, 7) is 3.84. The zero-order valence-electron chi connectivity index (χ0n) is 7.59. The van der Waals surface area contributed by atoms with Gasteiger partial charge in [-0.15, -0.1) is 0 Å². The van der Waals surface area contributed by atoms with Gasteiger partial charge in [0.05, 0.1) is 7.11 Å². The van der Waals surface area contributed by atoms with Crippen LogP contribution in [0.3, 0.4) is 0 Å². The number of carbonyl (C=O) groups is 2. The fourth-order valence-electron chi connectivity index (χ4n) is 0.594. The Hall–Kier alpha value is -1.26. The maximum atomic E-state index is 10.9. The van der Waals surface area contributed by atoms with Crippen molar-refractivity contribution in [1.82, 2.24) is 10.4 Å². The summed E-state index contributed by atoms with van der Waals surface area (Å²) >= 11 is 0. The first-order chi connectivity index (χ1) is 5.65. The predicted octanol–water partition coefficient (Wildman–Crippen LogP) is 0.516. The molecule has 70 valence electrons. The van der Waals surface area contributed by atoms with Crippen molar-refractivity contribution >= 4 is 12.0 Å². The molecule has 5 nitrogen and oxygen atoms in total. The first kappa shape index (κ1) is 10.7. The average molecular weight is 174 g/mol. The van der Waals surface area contributed by atoms with Crippen LogP contribution in [-0.2, 0) is 9.53 Å². The third-order valence-electron chi connectivity index (χ3n) is 1.29. The molecule has 2 amide bonds. The first-order valence-electron chi connectivity index (χ1n) is 3.80. The van der Waals surface area contributed by atoms with Crippen molar-refractivity contribution in [2.45, 2.75) is 20.3 Å². The standard InChI is InChI=1S/C7H14N2O3/c1-4-6(10)8-9(5-2)7(11)12-3/h4-5H2,1-3H3,(H,8,10). The topological polar surface area (TPSA) is 58.6 Å². The summed E-state index contributed by atoms with van der Waals surface area (Å²) in [6, 6.07) is 0. The van der Waals surface area contributed by atoms with Crippen LogP contribution in [0.5, 0.6) is 0 Å². The molecular weight excluding hydrogens is 160 g/mol. The quantitative estimate of drug-likeness (QED) is 0.621. The molecule has 0 aromatic heterocycles. The van der Waals surface area contributed by atoms with E-state index in [1.165, 1.54) is 7.11 Å². The van der Waals surface area contributed by atoms with E-state index in [4.69, 9.17) is 0 Å². The van der Waals surface area contributed by atoms with E-state index in [0.29, 0.717) is 13.0 Å². The Balaban J connectivity index is 3.99. The predicted molar refractivity (Wildman–Crippen MR) is 43.2 cm³/mol. The molecule has 0 rings (SSSR count). The number of amides is 2. The van der Waals surface area contributed by atoms with Gasteiger partial charge < -0.3 is 4.74 Å². The minimum atomic E-state index is -0.556. The molecule has 0 aliphatic heterocycles. The molecular formula is C7H14N2O3. The maximum Gasteiger partial charge on any atom is 0.428 e. The molecule has 0 aromatic carbocycles.